The van der Waals surface area contributed by atoms with Crippen LogP contribution in [0.1, 0.15) is 57.2 Å². The van der Waals surface area contributed by atoms with Crippen molar-refractivity contribution in [3.05, 3.63) is 29.7 Å². The number of amides is 1. The number of hydrogen-bond donors (Lipinski definition) is 1. The molecule has 0 bridgehead atoms. The Kier molecular flexibility index (Phi) is 5.25. The fourth-order valence-electron chi connectivity index (χ4n) is 2.16. The molecule has 1 aliphatic carbocycles. The van der Waals surface area contributed by atoms with Crippen molar-refractivity contribution in [1.29, 1.82) is 0 Å². The number of nitrogens with one attached hydrogen (secondary N) is 1. The molecule has 1 aromatic heterocycles. The first-order valence-corrected chi connectivity index (χ1v) is 7.20. The summed E-state index contributed by atoms with van der Waals surface area (Å²) in [6.07, 6.45) is 5.84. The van der Waals surface area contributed by atoms with Crippen LogP contribution in [-0.4, -0.2) is 22.6 Å². The van der Waals surface area contributed by atoms with Crippen molar-refractivity contribution >= 4 is 11.5 Å². The van der Waals surface area contributed by atoms with Gasteiger partial charge in [0.25, 0.3) is 5.89 Å². The zero-order chi connectivity index (χ0) is 15.2. The topological polar surface area (TPSA) is 68.0 Å². The highest BCUT2D eigenvalue weighted by molar-refractivity contribution is 5.72. The predicted octanol–water partition coefficient (Wildman–Crippen LogP) is 3.12. The standard InChI is InChI=1S/C15H20FN3O2/c1-10(4-3-9-17-11(2)20)14-18-15(21-19-14)12-5-7-13(16)8-6-12/h5,7,10H,3-4,6,8-9H2,1-2H3,(H,17,20). The monoisotopic (exact) mass is 293 g/mol. The molecule has 1 heterocycles. The van der Waals surface area contributed by atoms with Gasteiger partial charge >= 0.3 is 0 Å². The first-order valence-electron chi connectivity index (χ1n) is 7.20. The van der Waals surface area contributed by atoms with E-state index in [4.69, 9.17) is 4.52 Å². The summed E-state index contributed by atoms with van der Waals surface area (Å²) >= 11 is 0. The zero-order valence-electron chi connectivity index (χ0n) is 12.4. The Balaban J connectivity index is 1.89. The number of aromatic nitrogens is 2. The van der Waals surface area contributed by atoms with Crippen LogP contribution >= 0.6 is 0 Å². The summed E-state index contributed by atoms with van der Waals surface area (Å²) in [5.74, 6) is 1.15. The molecule has 0 aliphatic heterocycles. The smallest absolute Gasteiger partial charge is 0.253 e. The minimum Gasteiger partial charge on any atom is -0.356 e. The van der Waals surface area contributed by atoms with Gasteiger partial charge in [0, 0.05) is 31.4 Å². The van der Waals surface area contributed by atoms with Crippen LogP contribution in [-0.2, 0) is 4.79 Å². The van der Waals surface area contributed by atoms with Crippen molar-refractivity contribution in [3.8, 4) is 0 Å². The molecular formula is C15H20FN3O2. The highest BCUT2D eigenvalue weighted by Crippen LogP contribution is 2.27. The van der Waals surface area contributed by atoms with Crippen LogP contribution in [0.2, 0.25) is 0 Å². The Bertz CT molecular complexity index is 563. The number of halogens is 1. The molecule has 0 spiro atoms. The molecular weight excluding hydrogens is 273 g/mol. The van der Waals surface area contributed by atoms with Crippen molar-refractivity contribution < 1.29 is 13.7 Å². The third kappa shape index (κ3) is 4.51. The normalized spacial score (nSPS) is 16.1. The molecule has 114 valence electrons. The SMILES string of the molecule is CC(=O)NCCCC(C)c1noc(C2=CC=C(F)CC2)n1. The van der Waals surface area contributed by atoms with Gasteiger partial charge in [-0.3, -0.25) is 4.79 Å². The predicted molar refractivity (Wildman–Crippen MR) is 77.0 cm³/mol. The Labute approximate surface area is 123 Å². The fraction of sp³-hybridized carbons (Fsp3) is 0.533. The maximum Gasteiger partial charge on any atom is 0.253 e. The number of carbonyl (C=O) groups excluding carboxylic acids is 1. The summed E-state index contributed by atoms with van der Waals surface area (Å²) in [4.78, 5) is 15.2. The summed E-state index contributed by atoms with van der Waals surface area (Å²) in [7, 11) is 0. The number of carbonyl (C=O) groups is 1. The third-order valence-electron chi connectivity index (χ3n) is 3.44. The number of hydrogen-bond acceptors (Lipinski definition) is 4. The van der Waals surface area contributed by atoms with E-state index in [1.165, 1.54) is 13.0 Å². The van der Waals surface area contributed by atoms with Gasteiger partial charge in [-0.1, -0.05) is 18.2 Å². The molecule has 0 radical (unpaired) electrons. The molecule has 0 saturated heterocycles. The molecule has 0 fully saturated rings. The van der Waals surface area contributed by atoms with Crippen LogP contribution in [0, 0.1) is 0 Å². The van der Waals surface area contributed by atoms with Crippen LogP contribution < -0.4 is 5.32 Å². The van der Waals surface area contributed by atoms with Gasteiger partial charge in [0.05, 0.1) is 0 Å². The molecule has 1 aliphatic rings. The first-order chi connectivity index (χ1) is 10.1. The number of allylic oxidation sites excluding steroid dienone is 4. The van der Waals surface area contributed by atoms with E-state index in [-0.39, 0.29) is 17.7 Å². The molecule has 0 saturated carbocycles. The third-order valence-corrected chi connectivity index (χ3v) is 3.44. The van der Waals surface area contributed by atoms with E-state index < -0.39 is 0 Å². The zero-order valence-corrected chi connectivity index (χ0v) is 12.4. The highest BCUT2D eigenvalue weighted by Gasteiger charge is 2.17. The molecule has 1 atom stereocenters. The van der Waals surface area contributed by atoms with E-state index >= 15 is 0 Å². The van der Waals surface area contributed by atoms with Gasteiger partial charge in [0.1, 0.15) is 5.83 Å². The van der Waals surface area contributed by atoms with Crippen LogP contribution in [0.4, 0.5) is 4.39 Å². The second kappa shape index (κ2) is 7.15. The lowest BCUT2D eigenvalue weighted by Gasteiger charge is -2.07. The van der Waals surface area contributed by atoms with E-state index in [0.717, 1.165) is 18.4 Å². The van der Waals surface area contributed by atoms with Crippen molar-refractivity contribution in [2.75, 3.05) is 6.54 Å². The molecule has 1 N–H and O–H groups in total. The molecule has 1 aromatic rings. The van der Waals surface area contributed by atoms with E-state index in [2.05, 4.69) is 15.5 Å². The molecule has 6 heteroatoms. The van der Waals surface area contributed by atoms with Gasteiger partial charge in [-0.15, -0.1) is 0 Å². The fourth-order valence-corrected chi connectivity index (χ4v) is 2.16. The van der Waals surface area contributed by atoms with E-state index in [9.17, 15) is 9.18 Å². The minimum atomic E-state index is -0.121. The average molecular weight is 293 g/mol. The maximum absolute atomic E-state index is 13.0. The average Bonchev–Trinajstić information content (AvgIpc) is 2.94. The molecule has 0 aromatic carbocycles. The van der Waals surface area contributed by atoms with Crippen molar-refractivity contribution in [2.24, 2.45) is 0 Å². The number of rotatable bonds is 6. The van der Waals surface area contributed by atoms with Crippen molar-refractivity contribution in [3.63, 3.8) is 0 Å². The summed E-state index contributed by atoms with van der Waals surface area (Å²) < 4.78 is 18.2. The molecule has 1 unspecified atom stereocenters. The summed E-state index contributed by atoms with van der Waals surface area (Å²) in [6.45, 7) is 4.18. The summed E-state index contributed by atoms with van der Waals surface area (Å²) in [5.41, 5.74) is 0.876. The Morgan fingerprint density at radius 3 is 2.95 bits per heavy atom. The molecule has 21 heavy (non-hydrogen) atoms. The summed E-state index contributed by atoms with van der Waals surface area (Å²) in [6, 6.07) is 0. The van der Waals surface area contributed by atoms with Gasteiger partial charge in [-0.25, -0.2) is 4.39 Å². The lowest BCUT2D eigenvalue weighted by atomic mass is 10.0. The molecule has 5 nitrogen and oxygen atoms in total. The minimum absolute atomic E-state index is 0.0194. The molecule has 1 amide bonds. The highest BCUT2D eigenvalue weighted by atomic mass is 19.1. The number of nitrogens with zero attached hydrogens (tertiary/aromatic N) is 2. The van der Waals surface area contributed by atoms with Crippen LogP contribution in [0.5, 0.6) is 0 Å². The van der Waals surface area contributed by atoms with Gasteiger partial charge in [0.15, 0.2) is 5.82 Å². The second-order valence-electron chi connectivity index (χ2n) is 5.29. The van der Waals surface area contributed by atoms with Gasteiger partial charge in [0.2, 0.25) is 5.91 Å². The van der Waals surface area contributed by atoms with Gasteiger partial charge in [-0.05, 0) is 25.3 Å². The van der Waals surface area contributed by atoms with E-state index in [1.807, 2.05) is 6.92 Å². The van der Waals surface area contributed by atoms with Gasteiger partial charge < -0.3 is 9.84 Å². The Morgan fingerprint density at radius 2 is 2.29 bits per heavy atom. The van der Waals surface area contributed by atoms with Crippen LogP contribution in [0.15, 0.2) is 22.5 Å². The van der Waals surface area contributed by atoms with Crippen molar-refractivity contribution in [1.82, 2.24) is 15.5 Å². The second-order valence-corrected chi connectivity index (χ2v) is 5.29. The lowest BCUT2D eigenvalue weighted by Crippen LogP contribution is -2.21. The van der Waals surface area contributed by atoms with Crippen molar-refractivity contribution in [2.45, 2.75) is 45.4 Å². The first kappa shape index (κ1) is 15.4. The summed E-state index contributed by atoms with van der Waals surface area (Å²) in [5, 5.41) is 6.75. The Hall–Kier alpha value is -1.98. The quantitative estimate of drug-likeness (QED) is 0.818. The molecule has 2 rings (SSSR count). The largest absolute Gasteiger partial charge is 0.356 e. The lowest BCUT2D eigenvalue weighted by molar-refractivity contribution is -0.118. The van der Waals surface area contributed by atoms with E-state index in [1.54, 1.807) is 6.08 Å². The maximum atomic E-state index is 13.0. The van der Waals surface area contributed by atoms with Crippen LogP contribution in [0.25, 0.3) is 5.57 Å². The van der Waals surface area contributed by atoms with Gasteiger partial charge in [-0.2, -0.15) is 4.98 Å². The van der Waals surface area contributed by atoms with Crippen LogP contribution in [0.3, 0.4) is 0 Å². The Morgan fingerprint density at radius 1 is 1.48 bits per heavy atom. The van der Waals surface area contributed by atoms with E-state index in [0.29, 0.717) is 31.1 Å².